The van der Waals surface area contributed by atoms with Gasteiger partial charge in [-0.3, -0.25) is 4.79 Å². The number of aromatic nitrogens is 2. The van der Waals surface area contributed by atoms with Gasteiger partial charge >= 0.3 is 0 Å². The summed E-state index contributed by atoms with van der Waals surface area (Å²) in [6.45, 7) is 2.02. The Labute approximate surface area is 165 Å². The molecule has 0 radical (unpaired) electrons. The maximum absolute atomic E-state index is 13.5. The largest absolute Gasteiger partial charge is 0.376 e. The number of nitrogens with zero attached hydrogens (tertiary/aromatic N) is 3. The Morgan fingerprint density at radius 1 is 1.36 bits per heavy atom. The van der Waals surface area contributed by atoms with Crippen LogP contribution in [0.3, 0.4) is 0 Å². The summed E-state index contributed by atoms with van der Waals surface area (Å²) in [5.74, 6) is 0.410. The fourth-order valence-electron chi connectivity index (χ4n) is 3.86. The maximum atomic E-state index is 13.5. The molecule has 1 unspecified atom stereocenters. The average molecular weight is 398 g/mol. The van der Waals surface area contributed by atoms with E-state index in [9.17, 15) is 9.18 Å². The number of hydrogen-bond donors (Lipinski definition) is 1. The standard InChI is InChI=1S/C20H19FN4O2S/c21-13-3-4-16-12(8-13)5-6-25(16)18-15-9-17(28-20(15)24-11-23-18)19(26)22-10-14-2-1-7-27-14/h3-4,8-9,11,14H,1-2,5-7,10H2,(H,22,26). The van der Waals surface area contributed by atoms with Gasteiger partial charge in [0.05, 0.1) is 16.4 Å². The number of carbonyl (C=O) groups excluding carboxylic acids is 1. The van der Waals surface area contributed by atoms with Gasteiger partial charge in [-0.2, -0.15) is 0 Å². The third-order valence-corrected chi connectivity index (χ3v) is 6.28. The van der Waals surface area contributed by atoms with Gasteiger partial charge < -0.3 is 15.0 Å². The van der Waals surface area contributed by atoms with Crippen LogP contribution in [0.5, 0.6) is 0 Å². The molecule has 1 N–H and O–H groups in total. The molecule has 2 aliphatic heterocycles. The third kappa shape index (κ3) is 3.12. The van der Waals surface area contributed by atoms with Crippen LogP contribution in [0.15, 0.2) is 30.6 Å². The number of amides is 1. The van der Waals surface area contributed by atoms with Crippen molar-refractivity contribution in [2.75, 3.05) is 24.6 Å². The SMILES string of the molecule is O=C(NCC1CCCO1)c1cc2c(N3CCc4cc(F)ccc43)ncnc2s1. The number of nitrogens with one attached hydrogen (secondary N) is 1. The zero-order valence-corrected chi connectivity index (χ0v) is 16.0. The number of thiophene rings is 1. The summed E-state index contributed by atoms with van der Waals surface area (Å²) >= 11 is 1.35. The first-order valence-electron chi connectivity index (χ1n) is 9.39. The predicted octanol–water partition coefficient (Wildman–Crippen LogP) is 3.43. The van der Waals surface area contributed by atoms with Gasteiger partial charge in [0.1, 0.15) is 22.8 Å². The van der Waals surface area contributed by atoms with Crippen molar-refractivity contribution in [3.63, 3.8) is 0 Å². The summed E-state index contributed by atoms with van der Waals surface area (Å²) in [6, 6.07) is 6.67. The van der Waals surface area contributed by atoms with E-state index in [2.05, 4.69) is 20.2 Å². The van der Waals surface area contributed by atoms with Crippen LogP contribution in [-0.2, 0) is 11.2 Å². The molecule has 1 fully saturated rings. The van der Waals surface area contributed by atoms with E-state index in [4.69, 9.17) is 4.74 Å². The summed E-state index contributed by atoms with van der Waals surface area (Å²) in [7, 11) is 0. The van der Waals surface area contributed by atoms with E-state index in [0.717, 1.165) is 59.7 Å². The second-order valence-electron chi connectivity index (χ2n) is 7.05. The normalized spacial score (nSPS) is 18.6. The zero-order valence-electron chi connectivity index (χ0n) is 15.2. The van der Waals surface area contributed by atoms with E-state index in [0.29, 0.717) is 11.4 Å². The van der Waals surface area contributed by atoms with Crippen molar-refractivity contribution in [2.24, 2.45) is 0 Å². The Bertz CT molecular complexity index is 1050. The van der Waals surface area contributed by atoms with Gasteiger partial charge in [0.25, 0.3) is 5.91 Å². The highest BCUT2D eigenvalue weighted by atomic mass is 32.1. The molecule has 5 rings (SSSR count). The summed E-state index contributed by atoms with van der Waals surface area (Å²) in [5, 5.41) is 3.80. The summed E-state index contributed by atoms with van der Waals surface area (Å²) in [6.07, 6.45) is 4.41. The molecule has 0 bridgehead atoms. The molecule has 8 heteroatoms. The molecule has 2 aliphatic rings. The fourth-order valence-corrected chi connectivity index (χ4v) is 4.77. The van der Waals surface area contributed by atoms with E-state index in [1.54, 1.807) is 12.1 Å². The van der Waals surface area contributed by atoms with Crippen LogP contribution >= 0.6 is 11.3 Å². The third-order valence-electron chi connectivity index (χ3n) is 5.24. The second-order valence-corrected chi connectivity index (χ2v) is 8.08. The van der Waals surface area contributed by atoms with Crippen molar-refractivity contribution in [3.8, 4) is 0 Å². The lowest BCUT2D eigenvalue weighted by atomic mass is 10.1. The molecule has 0 aliphatic carbocycles. The summed E-state index contributed by atoms with van der Waals surface area (Å²) < 4.78 is 19.1. The predicted molar refractivity (Wildman–Crippen MR) is 106 cm³/mol. The van der Waals surface area contributed by atoms with Crippen LogP contribution in [-0.4, -0.2) is 41.7 Å². The molecule has 3 aromatic rings. The van der Waals surface area contributed by atoms with Gasteiger partial charge in [0, 0.05) is 25.4 Å². The number of carbonyl (C=O) groups is 1. The van der Waals surface area contributed by atoms with E-state index >= 15 is 0 Å². The average Bonchev–Trinajstić information content (AvgIpc) is 3.44. The first-order chi connectivity index (χ1) is 13.7. The van der Waals surface area contributed by atoms with Crippen LogP contribution in [0.1, 0.15) is 28.1 Å². The molecule has 1 amide bonds. The Kier molecular flexibility index (Phi) is 4.44. The van der Waals surface area contributed by atoms with Gasteiger partial charge in [-0.05, 0) is 49.1 Å². The molecule has 144 valence electrons. The molecule has 6 nitrogen and oxygen atoms in total. The van der Waals surface area contributed by atoms with Crippen LogP contribution < -0.4 is 10.2 Å². The number of fused-ring (bicyclic) bond motifs is 2. The number of anilines is 2. The molecule has 1 atom stereocenters. The number of rotatable bonds is 4. The van der Waals surface area contributed by atoms with Crippen LogP contribution in [0.25, 0.3) is 10.2 Å². The summed E-state index contributed by atoms with van der Waals surface area (Å²) in [5.41, 5.74) is 1.92. The smallest absolute Gasteiger partial charge is 0.261 e. The Morgan fingerprint density at radius 2 is 2.29 bits per heavy atom. The summed E-state index contributed by atoms with van der Waals surface area (Å²) in [4.78, 5) is 24.8. The van der Waals surface area contributed by atoms with E-state index in [-0.39, 0.29) is 17.8 Å². The number of ether oxygens (including phenoxy) is 1. The molecule has 0 saturated carbocycles. The fraction of sp³-hybridized carbons (Fsp3) is 0.350. The number of halogens is 1. The minimum absolute atomic E-state index is 0.107. The number of benzene rings is 1. The van der Waals surface area contributed by atoms with Gasteiger partial charge in [0.15, 0.2) is 0 Å². The molecule has 4 heterocycles. The molecule has 1 aromatic carbocycles. The molecule has 28 heavy (non-hydrogen) atoms. The van der Waals surface area contributed by atoms with Crippen molar-refractivity contribution >= 4 is 39.0 Å². The molecule has 0 spiro atoms. The molecular formula is C20H19FN4O2S. The van der Waals surface area contributed by atoms with Gasteiger partial charge in [-0.1, -0.05) is 0 Å². The highest BCUT2D eigenvalue weighted by molar-refractivity contribution is 7.20. The highest BCUT2D eigenvalue weighted by Crippen LogP contribution is 2.38. The van der Waals surface area contributed by atoms with Crippen molar-refractivity contribution in [1.82, 2.24) is 15.3 Å². The quantitative estimate of drug-likeness (QED) is 0.729. The lowest BCUT2D eigenvalue weighted by molar-refractivity contribution is 0.0861. The van der Waals surface area contributed by atoms with Crippen LogP contribution in [0.4, 0.5) is 15.9 Å². The minimum atomic E-state index is -0.228. The lowest BCUT2D eigenvalue weighted by Gasteiger charge is -2.18. The van der Waals surface area contributed by atoms with Gasteiger partial charge in [-0.25, -0.2) is 14.4 Å². The topological polar surface area (TPSA) is 67.3 Å². The molecule has 1 saturated heterocycles. The monoisotopic (exact) mass is 398 g/mol. The first-order valence-corrected chi connectivity index (χ1v) is 10.2. The van der Waals surface area contributed by atoms with Crippen molar-refractivity contribution in [2.45, 2.75) is 25.4 Å². The van der Waals surface area contributed by atoms with E-state index in [1.165, 1.54) is 23.7 Å². The van der Waals surface area contributed by atoms with E-state index in [1.807, 2.05) is 6.07 Å². The molecular weight excluding hydrogens is 379 g/mol. The van der Waals surface area contributed by atoms with E-state index < -0.39 is 0 Å². The lowest BCUT2D eigenvalue weighted by Crippen LogP contribution is -2.31. The van der Waals surface area contributed by atoms with Crippen LogP contribution in [0.2, 0.25) is 0 Å². The van der Waals surface area contributed by atoms with Crippen molar-refractivity contribution in [3.05, 3.63) is 46.9 Å². The Hall–Kier alpha value is -2.58. The van der Waals surface area contributed by atoms with Crippen LogP contribution in [0, 0.1) is 5.82 Å². The van der Waals surface area contributed by atoms with Crippen molar-refractivity contribution in [1.29, 1.82) is 0 Å². The minimum Gasteiger partial charge on any atom is -0.376 e. The van der Waals surface area contributed by atoms with Gasteiger partial charge in [-0.15, -0.1) is 11.3 Å². The highest BCUT2D eigenvalue weighted by Gasteiger charge is 2.25. The first kappa shape index (κ1) is 17.5. The Morgan fingerprint density at radius 3 is 3.14 bits per heavy atom. The zero-order chi connectivity index (χ0) is 19.1. The van der Waals surface area contributed by atoms with Crippen molar-refractivity contribution < 1.29 is 13.9 Å². The maximum Gasteiger partial charge on any atom is 0.261 e. The number of hydrogen-bond acceptors (Lipinski definition) is 6. The van der Waals surface area contributed by atoms with Gasteiger partial charge in [0.2, 0.25) is 0 Å². The second kappa shape index (κ2) is 7.10. The molecule has 2 aromatic heterocycles. The Balaban J connectivity index is 1.43.